The van der Waals surface area contributed by atoms with E-state index in [1.54, 1.807) is 31.4 Å². The molecular formula is C11H9BrFN3O. The van der Waals surface area contributed by atoms with Crippen LogP contribution in [0.3, 0.4) is 0 Å². The predicted molar refractivity (Wildman–Crippen MR) is 65.8 cm³/mol. The molecule has 0 spiro atoms. The molecule has 4 nitrogen and oxygen atoms in total. The summed E-state index contributed by atoms with van der Waals surface area (Å²) in [6.45, 7) is 0. The van der Waals surface area contributed by atoms with E-state index in [4.69, 9.17) is 4.74 Å². The minimum Gasteiger partial charge on any atom is -0.439 e. The molecule has 1 aromatic heterocycles. The van der Waals surface area contributed by atoms with Crippen molar-refractivity contribution in [2.24, 2.45) is 0 Å². The summed E-state index contributed by atoms with van der Waals surface area (Å²) in [6, 6.07) is 6.10. The van der Waals surface area contributed by atoms with E-state index in [-0.39, 0.29) is 5.82 Å². The first-order valence-electron chi connectivity index (χ1n) is 4.83. The van der Waals surface area contributed by atoms with E-state index in [9.17, 15) is 4.39 Å². The molecule has 0 aliphatic carbocycles. The molecule has 0 saturated carbocycles. The number of hydrogen-bond donors (Lipinski definition) is 1. The van der Waals surface area contributed by atoms with Gasteiger partial charge < -0.3 is 10.1 Å². The standard InChI is InChI=1S/C11H9BrFN3O/c1-14-11-15-5-4-10(16-11)17-7-2-3-8(12)9(13)6-7/h2-6H,1H3,(H,14,15,16). The molecule has 1 heterocycles. The van der Waals surface area contributed by atoms with Gasteiger partial charge in [0.15, 0.2) is 0 Å². The summed E-state index contributed by atoms with van der Waals surface area (Å²) >= 11 is 3.07. The van der Waals surface area contributed by atoms with Crippen LogP contribution in [-0.4, -0.2) is 17.0 Å². The first kappa shape index (κ1) is 11.8. The highest BCUT2D eigenvalue weighted by atomic mass is 79.9. The van der Waals surface area contributed by atoms with Gasteiger partial charge in [0.1, 0.15) is 11.6 Å². The summed E-state index contributed by atoms with van der Waals surface area (Å²) in [7, 11) is 1.71. The molecule has 0 amide bonds. The van der Waals surface area contributed by atoms with Crippen molar-refractivity contribution < 1.29 is 9.13 Å². The molecule has 0 saturated heterocycles. The second-order valence-corrected chi connectivity index (χ2v) is 4.00. The van der Waals surface area contributed by atoms with Crippen LogP contribution < -0.4 is 10.1 Å². The largest absolute Gasteiger partial charge is 0.439 e. The summed E-state index contributed by atoms with van der Waals surface area (Å²) in [6.07, 6.45) is 1.56. The molecule has 2 rings (SSSR count). The van der Waals surface area contributed by atoms with Crippen LogP contribution in [0.5, 0.6) is 11.6 Å². The lowest BCUT2D eigenvalue weighted by Crippen LogP contribution is -1.97. The fourth-order valence-electron chi connectivity index (χ4n) is 1.18. The molecule has 0 unspecified atom stereocenters. The maximum absolute atomic E-state index is 13.3. The Morgan fingerprint density at radius 1 is 1.35 bits per heavy atom. The third kappa shape index (κ3) is 2.91. The average molecular weight is 298 g/mol. The normalized spacial score (nSPS) is 10.1. The Hall–Kier alpha value is -1.69. The van der Waals surface area contributed by atoms with Crippen molar-refractivity contribution in [3.05, 3.63) is 40.8 Å². The van der Waals surface area contributed by atoms with Gasteiger partial charge in [0.2, 0.25) is 11.8 Å². The Bertz CT molecular complexity index is 536. The zero-order valence-corrected chi connectivity index (χ0v) is 10.5. The molecule has 1 N–H and O–H groups in total. The summed E-state index contributed by atoms with van der Waals surface area (Å²) in [5.74, 6) is 0.794. The van der Waals surface area contributed by atoms with Crippen LogP contribution in [-0.2, 0) is 0 Å². The molecule has 0 fully saturated rings. The lowest BCUT2D eigenvalue weighted by atomic mass is 10.3. The Morgan fingerprint density at radius 3 is 2.88 bits per heavy atom. The summed E-state index contributed by atoms with van der Waals surface area (Å²) < 4.78 is 19.1. The van der Waals surface area contributed by atoms with E-state index < -0.39 is 0 Å². The minimum absolute atomic E-state index is 0.353. The van der Waals surface area contributed by atoms with Crippen LogP contribution in [0.2, 0.25) is 0 Å². The van der Waals surface area contributed by atoms with Gasteiger partial charge in [0, 0.05) is 25.4 Å². The highest BCUT2D eigenvalue weighted by molar-refractivity contribution is 9.10. The molecule has 0 bridgehead atoms. The van der Waals surface area contributed by atoms with Crippen LogP contribution in [0, 0.1) is 5.82 Å². The maximum atomic E-state index is 13.3. The molecule has 88 valence electrons. The average Bonchev–Trinajstić information content (AvgIpc) is 2.34. The minimum atomic E-state index is -0.384. The topological polar surface area (TPSA) is 47.0 Å². The van der Waals surface area contributed by atoms with Crippen molar-refractivity contribution in [3.8, 4) is 11.6 Å². The number of halogens is 2. The molecule has 2 aromatic rings. The van der Waals surface area contributed by atoms with E-state index in [1.807, 2.05) is 0 Å². The van der Waals surface area contributed by atoms with Gasteiger partial charge in [-0.3, -0.25) is 0 Å². The fourth-order valence-corrected chi connectivity index (χ4v) is 1.43. The van der Waals surface area contributed by atoms with E-state index in [1.165, 1.54) is 6.07 Å². The van der Waals surface area contributed by atoms with Crippen molar-refractivity contribution in [2.75, 3.05) is 12.4 Å². The maximum Gasteiger partial charge on any atom is 0.225 e. The van der Waals surface area contributed by atoms with E-state index >= 15 is 0 Å². The third-order valence-electron chi connectivity index (χ3n) is 1.97. The zero-order valence-electron chi connectivity index (χ0n) is 8.95. The van der Waals surface area contributed by atoms with Crippen LogP contribution in [0.25, 0.3) is 0 Å². The zero-order chi connectivity index (χ0) is 12.3. The summed E-state index contributed by atoms with van der Waals surface area (Å²) in [4.78, 5) is 8.01. The Morgan fingerprint density at radius 2 is 2.18 bits per heavy atom. The Kier molecular flexibility index (Phi) is 3.53. The highest BCUT2D eigenvalue weighted by Crippen LogP contribution is 2.24. The van der Waals surface area contributed by atoms with Crippen molar-refractivity contribution >= 4 is 21.9 Å². The van der Waals surface area contributed by atoms with Crippen molar-refractivity contribution in [3.63, 3.8) is 0 Å². The van der Waals surface area contributed by atoms with E-state index in [0.29, 0.717) is 22.1 Å². The monoisotopic (exact) mass is 297 g/mol. The highest BCUT2D eigenvalue weighted by Gasteiger charge is 2.04. The second kappa shape index (κ2) is 5.09. The number of hydrogen-bond acceptors (Lipinski definition) is 4. The van der Waals surface area contributed by atoms with Crippen LogP contribution >= 0.6 is 15.9 Å². The SMILES string of the molecule is CNc1nccc(Oc2ccc(Br)c(F)c2)n1. The molecule has 0 atom stereocenters. The third-order valence-corrected chi connectivity index (χ3v) is 2.61. The first-order valence-corrected chi connectivity index (χ1v) is 5.62. The Labute approximate surface area is 106 Å². The number of benzene rings is 1. The van der Waals surface area contributed by atoms with Gasteiger partial charge in [-0.05, 0) is 28.1 Å². The van der Waals surface area contributed by atoms with Gasteiger partial charge >= 0.3 is 0 Å². The lowest BCUT2D eigenvalue weighted by molar-refractivity contribution is 0.457. The summed E-state index contributed by atoms with van der Waals surface area (Å²) in [5, 5.41) is 2.79. The number of rotatable bonds is 3. The summed E-state index contributed by atoms with van der Waals surface area (Å²) in [5.41, 5.74) is 0. The number of ether oxygens (including phenoxy) is 1. The number of aromatic nitrogens is 2. The predicted octanol–water partition coefficient (Wildman–Crippen LogP) is 3.21. The number of nitrogens with one attached hydrogen (secondary N) is 1. The van der Waals surface area contributed by atoms with Gasteiger partial charge in [0.25, 0.3) is 0 Å². The van der Waals surface area contributed by atoms with Gasteiger partial charge in [-0.15, -0.1) is 0 Å². The van der Waals surface area contributed by atoms with Crippen molar-refractivity contribution in [2.45, 2.75) is 0 Å². The van der Waals surface area contributed by atoms with E-state index in [2.05, 4.69) is 31.2 Å². The fraction of sp³-hybridized carbons (Fsp3) is 0.0909. The smallest absolute Gasteiger partial charge is 0.225 e. The van der Waals surface area contributed by atoms with Crippen LogP contribution in [0.1, 0.15) is 0 Å². The van der Waals surface area contributed by atoms with E-state index in [0.717, 1.165) is 0 Å². The molecular weight excluding hydrogens is 289 g/mol. The second-order valence-electron chi connectivity index (χ2n) is 3.15. The molecule has 1 aromatic carbocycles. The molecule has 0 aliphatic rings. The van der Waals surface area contributed by atoms with Crippen molar-refractivity contribution in [1.82, 2.24) is 9.97 Å². The lowest BCUT2D eigenvalue weighted by Gasteiger charge is -2.06. The van der Waals surface area contributed by atoms with Gasteiger partial charge in [0.05, 0.1) is 4.47 Å². The molecule has 17 heavy (non-hydrogen) atoms. The number of anilines is 1. The quantitative estimate of drug-likeness (QED) is 0.945. The van der Waals surface area contributed by atoms with Crippen LogP contribution in [0.4, 0.5) is 10.3 Å². The number of nitrogens with zero attached hydrogens (tertiary/aromatic N) is 2. The molecule has 0 radical (unpaired) electrons. The molecule has 0 aliphatic heterocycles. The van der Waals surface area contributed by atoms with Crippen molar-refractivity contribution in [1.29, 1.82) is 0 Å². The van der Waals surface area contributed by atoms with Gasteiger partial charge in [-0.25, -0.2) is 9.37 Å². The van der Waals surface area contributed by atoms with Gasteiger partial charge in [-0.2, -0.15) is 4.98 Å². The Balaban J connectivity index is 2.22. The molecule has 6 heteroatoms. The van der Waals surface area contributed by atoms with Crippen LogP contribution in [0.15, 0.2) is 34.9 Å². The first-order chi connectivity index (χ1) is 8.19. The van der Waals surface area contributed by atoms with Gasteiger partial charge in [-0.1, -0.05) is 0 Å².